The van der Waals surface area contributed by atoms with Crippen LogP contribution in [0.4, 0.5) is 10.5 Å². The van der Waals surface area contributed by atoms with Crippen LogP contribution >= 0.6 is 11.6 Å². The number of amides is 1. The number of ether oxygens (including phenoxy) is 1. The van der Waals surface area contributed by atoms with Crippen LogP contribution in [0.1, 0.15) is 11.1 Å². The van der Waals surface area contributed by atoms with Crippen molar-refractivity contribution in [2.75, 3.05) is 5.32 Å². The topological polar surface area (TPSA) is 62.1 Å². The molecule has 0 atom stereocenters. The van der Waals surface area contributed by atoms with Gasteiger partial charge in [0.1, 0.15) is 6.61 Å². The minimum absolute atomic E-state index is 0.169. The number of hydrogen-bond acceptors (Lipinski definition) is 3. The van der Waals surface area contributed by atoms with Crippen molar-refractivity contribution in [2.24, 2.45) is 0 Å². The molecule has 0 saturated heterocycles. The fraction of sp³-hybridized carbons (Fsp3) is 0.0667. The van der Waals surface area contributed by atoms with E-state index in [0.29, 0.717) is 16.3 Å². The van der Waals surface area contributed by atoms with Crippen LogP contribution in [0, 0.1) is 11.3 Å². The summed E-state index contributed by atoms with van der Waals surface area (Å²) in [5.41, 5.74) is 1.65. The smallest absolute Gasteiger partial charge is 0.412 e. The number of nitrogens with one attached hydrogen (secondary N) is 1. The first-order valence-electron chi connectivity index (χ1n) is 5.86. The molecule has 2 rings (SSSR count). The van der Waals surface area contributed by atoms with E-state index < -0.39 is 6.09 Å². The van der Waals surface area contributed by atoms with Crippen LogP contribution in [0.3, 0.4) is 0 Å². The summed E-state index contributed by atoms with van der Waals surface area (Å²) >= 11 is 5.93. The second-order valence-corrected chi connectivity index (χ2v) is 4.40. The highest BCUT2D eigenvalue weighted by atomic mass is 35.5. The Hall–Kier alpha value is -2.51. The molecule has 4 nitrogen and oxygen atoms in total. The highest BCUT2D eigenvalue weighted by Crippen LogP contribution is 2.23. The van der Waals surface area contributed by atoms with E-state index in [-0.39, 0.29) is 6.61 Å². The number of nitrogens with zero attached hydrogens (tertiary/aromatic N) is 1. The zero-order chi connectivity index (χ0) is 14.4. The summed E-state index contributed by atoms with van der Waals surface area (Å²) < 4.78 is 5.07. The Morgan fingerprint density at radius 3 is 2.70 bits per heavy atom. The lowest BCUT2D eigenvalue weighted by Gasteiger charge is -2.08. The predicted molar refractivity (Wildman–Crippen MR) is 76.4 cm³/mol. The molecule has 0 saturated carbocycles. The van der Waals surface area contributed by atoms with Gasteiger partial charge in [0.2, 0.25) is 0 Å². The monoisotopic (exact) mass is 286 g/mol. The lowest BCUT2D eigenvalue weighted by Crippen LogP contribution is -2.13. The van der Waals surface area contributed by atoms with Crippen LogP contribution in [0.2, 0.25) is 5.02 Å². The number of rotatable bonds is 3. The molecule has 5 heteroatoms. The maximum Gasteiger partial charge on any atom is 0.412 e. The quantitative estimate of drug-likeness (QED) is 0.929. The number of nitriles is 1. The summed E-state index contributed by atoms with van der Waals surface area (Å²) in [4.78, 5) is 11.7. The normalized spacial score (nSPS) is 9.60. The minimum Gasteiger partial charge on any atom is -0.444 e. The van der Waals surface area contributed by atoms with E-state index in [4.69, 9.17) is 21.6 Å². The van der Waals surface area contributed by atoms with E-state index in [1.165, 1.54) is 6.07 Å². The van der Waals surface area contributed by atoms with Crippen LogP contribution in [0.15, 0.2) is 48.5 Å². The number of hydrogen-bond donors (Lipinski definition) is 1. The lowest BCUT2D eigenvalue weighted by molar-refractivity contribution is 0.155. The molecule has 20 heavy (non-hydrogen) atoms. The third-order valence-electron chi connectivity index (χ3n) is 2.54. The van der Waals surface area contributed by atoms with E-state index in [0.717, 1.165) is 5.56 Å². The summed E-state index contributed by atoms with van der Waals surface area (Å²) in [5, 5.41) is 11.7. The Morgan fingerprint density at radius 1 is 1.25 bits per heavy atom. The molecule has 0 bridgehead atoms. The number of anilines is 1. The van der Waals surface area contributed by atoms with E-state index >= 15 is 0 Å². The highest BCUT2D eigenvalue weighted by Gasteiger charge is 2.08. The van der Waals surface area contributed by atoms with E-state index in [1.54, 1.807) is 12.1 Å². The van der Waals surface area contributed by atoms with Crippen LogP contribution in [-0.4, -0.2) is 6.09 Å². The highest BCUT2D eigenvalue weighted by molar-refractivity contribution is 6.33. The molecule has 0 radical (unpaired) electrons. The Kier molecular flexibility index (Phi) is 4.59. The lowest BCUT2D eigenvalue weighted by atomic mass is 10.2. The van der Waals surface area contributed by atoms with E-state index in [2.05, 4.69) is 5.32 Å². The second kappa shape index (κ2) is 6.60. The summed E-state index contributed by atoms with van der Waals surface area (Å²) in [6.07, 6.45) is -0.620. The molecule has 0 aliphatic heterocycles. The third-order valence-corrected chi connectivity index (χ3v) is 2.87. The first-order valence-corrected chi connectivity index (χ1v) is 6.24. The number of carbonyl (C=O) groups is 1. The molecular weight excluding hydrogens is 276 g/mol. The average Bonchev–Trinajstić information content (AvgIpc) is 2.48. The number of carbonyl (C=O) groups excluding carboxylic acids is 1. The molecule has 1 N–H and O–H groups in total. The van der Waals surface area contributed by atoms with Gasteiger partial charge in [-0.1, -0.05) is 41.9 Å². The zero-order valence-corrected chi connectivity index (χ0v) is 11.2. The van der Waals surface area contributed by atoms with Crippen molar-refractivity contribution in [3.8, 4) is 6.07 Å². The summed E-state index contributed by atoms with van der Waals surface area (Å²) in [5.74, 6) is 0. The van der Waals surface area contributed by atoms with Gasteiger partial charge in [0.25, 0.3) is 0 Å². The van der Waals surface area contributed by atoms with Gasteiger partial charge in [0.05, 0.1) is 22.3 Å². The van der Waals surface area contributed by atoms with Crippen molar-refractivity contribution < 1.29 is 9.53 Å². The average molecular weight is 287 g/mol. The van der Waals surface area contributed by atoms with E-state index in [1.807, 2.05) is 36.4 Å². The standard InChI is InChI=1S/C15H11ClN2O2/c16-13-7-6-12(9-17)8-14(13)18-15(19)20-10-11-4-2-1-3-5-11/h1-8H,10H2,(H,18,19). The first kappa shape index (κ1) is 13.9. The minimum atomic E-state index is -0.620. The SMILES string of the molecule is N#Cc1ccc(Cl)c(NC(=O)OCc2ccccc2)c1. The molecule has 0 aliphatic rings. The van der Waals surface area contributed by atoms with Crippen molar-refractivity contribution in [3.05, 3.63) is 64.7 Å². The molecule has 0 aliphatic carbocycles. The van der Waals surface area contributed by atoms with Crippen LogP contribution in [0.5, 0.6) is 0 Å². The van der Waals surface area contributed by atoms with Crippen LogP contribution in [-0.2, 0) is 11.3 Å². The van der Waals surface area contributed by atoms with Gasteiger partial charge in [-0.2, -0.15) is 5.26 Å². The van der Waals surface area contributed by atoms with Crippen molar-refractivity contribution in [3.63, 3.8) is 0 Å². The van der Waals surface area contributed by atoms with Crippen molar-refractivity contribution in [2.45, 2.75) is 6.61 Å². The largest absolute Gasteiger partial charge is 0.444 e. The fourth-order valence-electron chi connectivity index (χ4n) is 1.56. The zero-order valence-electron chi connectivity index (χ0n) is 10.5. The van der Waals surface area contributed by atoms with Crippen molar-refractivity contribution >= 4 is 23.4 Å². The van der Waals surface area contributed by atoms with Crippen LogP contribution < -0.4 is 5.32 Å². The second-order valence-electron chi connectivity index (χ2n) is 3.99. The number of halogens is 1. The molecule has 0 unspecified atom stereocenters. The molecule has 0 aromatic heterocycles. The van der Waals surface area contributed by atoms with Gasteiger partial charge in [0.15, 0.2) is 0 Å². The van der Waals surface area contributed by atoms with Gasteiger partial charge >= 0.3 is 6.09 Å². The first-order chi connectivity index (χ1) is 9.69. The van der Waals surface area contributed by atoms with Crippen LogP contribution in [0.25, 0.3) is 0 Å². The van der Waals surface area contributed by atoms with Crippen molar-refractivity contribution in [1.82, 2.24) is 0 Å². The van der Waals surface area contributed by atoms with E-state index in [9.17, 15) is 4.79 Å². The van der Waals surface area contributed by atoms with Crippen molar-refractivity contribution in [1.29, 1.82) is 5.26 Å². The Labute approximate surface area is 121 Å². The van der Waals surface area contributed by atoms with Gasteiger partial charge in [-0.25, -0.2) is 4.79 Å². The Balaban J connectivity index is 1.97. The Bertz CT molecular complexity index is 651. The summed E-state index contributed by atoms with van der Waals surface area (Å²) in [6.45, 7) is 0.169. The molecule has 100 valence electrons. The summed E-state index contributed by atoms with van der Waals surface area (Å²) in [6, 6.07) is 15.9. The maximum absolute atomic E-state index is 11.7. The summed E-state index contributed by atoms with van der Waals surface area (Å²) in [7, 11) is 0. The van der Waals surface area contributed by atoms with Gasteiger partial charge in [-0.15, -0.1) is 0 Å². The molecule has 0 spiro atoms. The molecule has 1 amide bonds. The maximum atomic E-state index is 11.7. The van der Waals surface area contributed by atoms with Gasteiger partial charge in [0, 0.05) is 0 Å². The van der Waals surface area contributed by atoms with Gasteiger partial charge in [-0.3, -0.25) is 5.32 Å². The third kappa shape index (κ3) is 3.74. The van der Waals surface area contributed by atoms with Gasteiger partial charge in [-0.05, 0) is 23.8 Å². The fourth-order valence-corrected chi connectivity index (χ4v) is 1.72. The molecule has 0 fully saturated rings. The molecule has 0 heterocycles. The molecule has 2 aromatic rings. The molecule has 2 aromatic carbocycles. The Morgan fingerprint density at radius 2 is 2.00 bits per heavy atom. The predicted octanol–water partition coefficient (Wildman–Crippen LogP) is 3.96. The molecular formula is C15H11ClN2O2. The van der Waals surface area contributed by atoms with Gasteiger partial charge < -0.3 is 4.74 Å². The number of benzene rings is 2.